The minimum absolute atomic E-state index is 0.0232. The summed E-state index contributed by atoms with van der Waals surface area (Å²) >= 11 is 0.975. The third-order valence-corrected chi connectivity index (χ3v) is 5.78. The molecule has 21 heavy (non-hydrogen) atoms. The number of halogens is 2. The maximum Gasteiger partial charge on any atom is 0.270 e. The molecule has 2 aromatic rings. The zero-order valence-corrected chi connectivity index (χ0v) is 13.3. The number of carbonyl (C=O) groups excluding carboxylic acids is 1. The number of aryl methyl sites for hydroxylation is 1. The highest BCUT2D eigenvalue weighted by Crippen LogP contribution is 2.24. The van der Waals surface area contributed by atoms with Crippen molar-refractivity contribution in [3.8, 4) is 0 Å². The Kier molecular flexibility index (Phi) is 4.65. The van der Waals surface area contributed by atoms with Crippen molar-refractivity contribution in [2.45, 2.75) is 17.7 Å². The number of thiophene rings is 1. The van der Waals surface area contributed by atoms with E-state index in [1.165, 1.54) is 12.1 Å². The Balaban J connectivity index is 2.06. The molecule has 0 saturated heterocycles. The molecule has 0 radical (unpaired) electrons. The molecular formula is C13H11ClFNO3S2. The molecule has 0 bridgehead atoms. The second kappa shape index (κ2) is 6.13. The second-order valence-electron chi connectivity index (χ2n) is 4.36. The molecule has 1 aromatic carbocycles. The van der Waals surface area contributed by atoms with Crippen LogP contribution in [0.1, 0.15) is 20.8 Å². The van der Waals surface area contributed by atoms with Crippen molar-refractivity contribution in [3.05, 3.63) is 52.2 Å². The van der Waals surface area contributed by atoms with Crippen LogP contribution in [0.15, 0.2) is 34.5 Å². The summed E-state index contributed by atoms with van der Waals surface area (Å²) in [5.41, 5.74) is 0.862. The highest BCUT2D eigenvalue weighted by Gasteiger charge is 2.14. The van der Waals surface area contributed by atoms with Gasteiger partial charge in [0.05, 0.1) is 6.54 Å². The lowest BCUT2D eigenvalue weighted by Gasteiger charge is -2.05. The highest BCUT2D eigenvalue weighted by molar-refractivity contribution is 8.15. The molecule has 0 aliphatic rings. The standard InChI is InChI=1S/C13H11ClFNO3S2/c1-8-4-9(6-10(15)5-8)13(17)16-7-11-2-3-12(20-11)21(14,18)19/h2-6H,7H2,1H3,(H,16,17). The summed E-state index contributed by atoms with van der Waals surface area (Å²) < 4.78 is 35.5. The first-order valence-electron chi connectivity index (χ1n) is 5.84. The molecule has 0 aliphatic carbocycles. The molecule has 0 atom stereocenters. The molecule has 1 aromatic heterocycles. The van der Waals surface area contributed by atoms with Gasteiger partial charge in [-0.05, 0) is 42.8 Å². The van der Waals surface area contributed by atoms with E-state index in [1.807, 2.05) is 0 Å². The summed E-state index contributed by atoms with van der Waals surface area (Å²) in [5.74, 6) is -0.909. The van der Waals surface area contributed by atoms with Crippen LogP contribution in [0, 0.1) is 12.7 Å². The summed E-state index contributed by atoms with van der Waals surface area (Å²) in [6.07, 6.45) is 0. The van der Waals surface area contributed by atoms with Gasteiger partial charge in [-0.1, -0.05) is 0 Å². The van der Waals surface area contributed by atoms with E-state index in [2.05, 4.69) is 5.32 Å². The van der Waals surface area contributed by atoms with Crippen molar-refractivity contribution < 1.29 is 17.6 Å². The van der Waals surface area contributed by atoms with Crippen molar-refractivity contribution in [1.82, 2.24) is 5.32 Å². The molecule has 0 unspecified atom stereocenters. The van der Waals surface area contributed by atoms with Gasteiger partial charge in [0.2, 0.25) is 0 Å². The lowest BCUT2D eigenvalue weighted by atomic mass is 10.1. The highest BCUT2D eigenvalue weighted by atomic mass is 35.7. The topological polar surface area (TPSA) is 63.2 Å². The predicted octanol–water partition coefficient (Wildman–Crippen LogP) is 3.05. The molecule has 0 saturated carbocycles. The molecule has 0 spiro atoms. The van der Waals surface area contributed by atoms with Crippen LogP contribution in [0.25, 0.3) is 0 Å². The maximum atomic E-state index is 13.2. The minimum Gasteiger partial charge on any atom is -0.347 e. The van der Waals surface area contributed by atoms with Crippen LogP contribution in [0.4, 0.5) is 4.39 Å². The molecule has 2 rings (SSSR count). The van der Waals surface area contributed by atoms with Crippen LogP contribution in [0.2, 0.25) is 0 Å². The summed E-state index contributed by atoms with van der Waals surface area (Å²) in [6, 6.07) is 6.98. The minimum atomic E-state index is -3.76. The molecule has 1 heterocycles. The van der Waals surface area contributed by atoms with E-state index >= 15 is 0 Å². The fourth-order valence-corrected chi connectivity index (χ4v) is 3.78. The Morgan fingerprint density at radius 3 is 2.62 bits per heavy atom. The first-order valence-corrected chi connectivity index (χ1v) is 8.97. The summed E-state index contributed by atoms with van der Waals surface area (Å²) in [6.45, 7) is 1.84. The Hall–Kier alpha value is -1.44. The van der Waals surface area contributed by atoms with E-state index in [-0.39, 0.29) is 16.3 Å². The average Bonchev–Trinajstić information content (AvgIpc) is 2.83. The quantitative estimate of drug-likeness (QED) is 0.864. The Morgan fingerprint density at radius 2 is 2.05 bits per heavy atom. The first-order chi connectivity index (χ1) is 9.75. The van der Waals surface area contributed by atoms with E-state index in [0.29, 0.717) is 10.4 Å². The third kappa shape index (κ3) is 4.26. The Labute approximate surface area is 130 Å². The van der Waals surface area contributed by atoms with E-state index in [0.717, 1.165) is 17.4 Å². The first kappa shape index (κ1) is 15.9. The number of rotatable bonds is 4. The van der Waals surface area contributed by atoms with Crippen LogP contribution >= 0.6 is 22.0 Å². The third-order valence-electron chi connectivity index (χ3n) is 2.60. The van der Waals surface area contributed by atoms with Crippen molar-refractivity contribution in [1.29, 1.82) is 0 Å². The number of hydrogen-bond acceptors (Lipinski definition) is 4. The van der Waals surface area contributed by atoms with E-state index in [9.17, 15) is 17.6 Å². The van der Waals surface area contributed by atoms with Gasteiger partial charge in [-0.15, -0.1) is 11.3 Å². The number of carbonyl (C=O) groups is 1. The Bertz CT molecular complexity index is 766. The Morgan fingerprint density at radius 1 is 1.33 bits per heavy atom. The van der Waals surface area contributed by atoms with Crippen molar-refractivity contribution in [2.75, 3.05) is 0 Å². The maximum absolute atomic E-state index is 13.2. The van der Waals surface area contributed by atoms with Crippen molar-refractivity contribution in [2.24, 2.45) is 0 Å². The molecule has 4 nitrogen and oxygen atoms in total. The predicted molar refractivity (Wildman–Crippen MR) is 79.7 cm³/mol. The molecule has 0 fully saturated rings. The second-order valence-corrected chi connectivity index (χ2v) is 8.32. The summed E-state index contributed by atoms with van der Waals surface area (Å²) in [5, 5.41) is 2.60. The van der Waals surface area contributed by atoms with Crippen molar-refractivity contribution in [3.63, 3.8) is 0 Å². The molecule has 1 amide bonds. The fourth-order valence-electron chi connectivity index (χ4n) is 1.72. The van der Waals surface area contributed by atoms with Crippen LogP contribution in [0.5, 0.6) is 0 Å². The molecular weight excluding hydrogens is 337 g/mol. The normalized spacial score (nSPS) is 11.4. The van der Waals surface area contributed by atoms with Gasteiger partial charge in [-0.3, -0.25) is 4.79 Å². The smallest absolute Gasteiger partial charge is 0.270 e. The largest absolute Gasteiger partial charge is 0.347 e. The monoisotopic (exact) mass is 347 g/mol. The lowest BCUT2D eigenvalue weighted by Crippen LogP contribution is -2.22. The zero-order valence-electron chi connectivity index (χ0n) is 10.9. The van der Waals surface area contributed by atoms with Crippen LogP contribution in [0.3, 0.4) is 0 Å². The molecule has 1 N–H and O–H groups in total. The number of benzene rings is 1. The average molecular weight is 348 g/mol. The van der Waals surface area contributed by atoms with Gasteiger partial charge in [0, 0.05) is 21.1 Å². The number of hydrogen-bond donors (Lipinski definition) is 1. The molecule has 8 heteroatoms. The van der Waals surface area contributed by atoms with Gasteiger partial charge in [0.25, 0.3) is 15.0 Å². The fraction of sp³-hybridized carbons (Fsp3) is 0.154. The summed E-state index contributed by atoms with van der Waals surface area (Å²) in [4.78, 5) is 12.5. The van der Waals surface area contributed by atoms with Crippen molar-refractivity contribution >= 4 is 37.0 Å². The van der Waals surface area contributed by atoms with Crippen LogP contribution in [-0.4, -0.2) is 14.3 Å². The van der Waals surface area contributed by atoms with Gasteiger partial charge in [-0.2, -0.15) is 0 Å². The van der Waals surface area contributed by atoms with E-state index in [4.69, 9.17) is 10.7 Å². The molecule has 0 aliphatic heterocycles. The van der Waals surface area contributed by atoms with Gasteiger partial charge in [0.1, 0.15) is 10.0 Å². The SMILES string of the molecule is Cc1cc(F)cc(C(=O)NCc2ccc(S(=O)(=O)Cl)s2)c1. The van der Waals surface area contributed by atoms with Crippen LogP contribution in [-0.2, 0) is 15.6 Å². The van der Waals surface area contributed by atoms with Gasteiger partial charge >= 0.3 is 0 Å². The number of nitrogens with one attached hydrogen (secondary N) is 1. The van der Waals surface area contributed by atoms with Crippen LogP contribution < -0.4 is 5.32 Å². The van der Waals surface area contributed by atoms with E-state index in [1.54, 1.807) is 19.1 Å². The van der Waals surface area contributed by atoms with Gasteiger partial charge in [-0.25, -0.2) is 12.8 Å². The number of amides is 1. The van der Waals surface area contributed by atoms with Gasteiger partial charge < -0.3 is 5.32 Å². The van der Waals surface area contributed by atoms with Gasteiger partial charge in [0.15, 0.2) is 0 Å². The van der Waals surface area contributed by atoms with E-state index < -0.39 is 20.8 Å². The lowest BCUT2D eigenvalue weighted by molar-refractivity contribution is 0.0950. The summed E-state index contributed by atoms with van der Waals surface area (Å²) in [7, 11) is 1.46. The zero-order chi connectivity index (χ0) is 15.6. The molecule has 112 valence electrons.